The molecule has 0 aromatic heterocycles. The molecule has 1 nitrogen and oxygen atoms in total. The number of hydrogen-bond acceptors (Lipinski definition) is 1. The number of hydrogen-bond donors (Lipinski definition) is 1. The molecule has 3 atom stereocenters. The van der Waals surface area contributed by atoms with Crippen molar-refractivity contribution in [2.24, 2.45) is 17.8 Å². The summed E-state index contributed by atoms with van der Waals surface area (Å²) in [5.41, 5.74) is 0.813. The Bertz CT molecular complexity index is 424. The van der Waals surface area contributed by atoms with Gasteiger partial charge in [-0.1, -0.05) is 12.1 Å². The SMILES string of the molecule is CNC(c1cccc(Br)c1F)C1CC2CC2C1. The van der Waals surface area contributed by atoms with Crippen LogP contribution in [0.15, 0.2) is 22.7 Å². The van der Waals surface area contributed by atoms with Crippen molar-refractivity contribution in [3.05, 3.63) is 34.1 Å². The van der Waals surface area contributed by atoms with E-state index in [4.69, 9.17) is 0 Å². The largest absolute Gasteiger partial charge is 0.313 e. The van der Waals surface area contributed by atoms with E-state index in [1.54, 1.807) is 6.07 Å². The van der Waals surface area contributed by atoms with Crippen molar-refractivity contribution in [3.8, 4) is 0 Å². The maximum Gasteiger partial charge on any atom is 0.142 e. The zero-order valence-electron chi connectivity index (χ0n) is 9.92. The molecule has 0 spiro atoms. The fourth-order valence-corrected chi connectivity index (χ4v) is 3.82. The van der Waals surface area contributed by atoms with Gasteiger partial charge in [0.05, 0.1) is 4.47 Å². The Morgan fingerprint density at radius 1 is 1.29 bits per heavy atom. The van der Waals surface area contributed by atoms with Crippen molar-refractivity contribution >= 4 is 15.9 Å². The molecule has 0 saturated heterocycles. The summed E-state index contributed by atoms with van der Waals surface area (Å²) < 4.78 is 14.7. The minimum absolute atomic E-state index is 0.104. The number of fused-ring (bicyclic) bond motifs is 1. The highest BCUT2D eigenvalue weighted by Crippen LogP contribution is 2.57. The minimum Gasteiger partial charge on any atom is -0.313 e. The van der Waals surface area contributed by atoms with E-state index >= 15 is 0 Å². The third kappa shape index (κ3) is 2.04. The first-order valence-electron chi connectivity index (χ1n) is 6.32. The Hall–Kier alpha value is -0.410. The van der Waals surface area contributed by atoms with Gasteiger partial charge in [-0.25, -0.2) is 4.39 Å². The molecule has 92 valence electrons. The predicted molar refractivity (Wildman–Crippen MR) is 70.2 cm³/mol. The van der Waals surface area contributed by atoms with E-state index in [9.17, 15) is 4.39 Å². The van der Waals surface area contributed by atoms with Crippen LogP contribution in [0.4, 0.5) is 4.39 Å². The minimum atomic E-state index is -0.104. The number of rotatable bonds is 3. The van der Waals surface area contributed by atoms with E-state index in [1.807, 2.05) is 19.2 Å². The lowest BCUT2D eigenvalue weighted by Gasteiger charge is -2.25. The Labute approximate surface area is 110 Å². The van der Waals surface area contributed by atoms with Gasteiger partial charge in [0.1, 0.15) is 5.82 Å². The molecule has 0 radical (unpaired) electrons. The highest BCUT2D eigenvalue weighted by Gasteiger charge is 2.48. The lowest BCUT2D eigenvalue weighted by molar-refractivity contribution is 0.349. The molecule has 3 heteroatoms. The fraction of sp³-hybridized carbons (Fsp3) is 0.571. The maximum absolute atomic E-state index is 14.1. The smallest absolute Gasteiger partial charge is 0.142 e. The Kier molecular flexibility index (Phi) is 2.99. The van der Waals surface area contributed by atoms with E-state index < -0.39 is 0 Å². The first kappa shape index (κ1) is 11.7. The molecule has 17 heavy (non-hydrogen) atoms. The standard InChI is InChI=1S/C14H17BrFN/c1-17-14(10-6-8-5-9(8)7-10)11-3-2-4-12(15)13(11)16/h2-4,8-10,14,17H,5-7H2,1H3. The van der Waals surface area contributed by atoms with Crippen LogP contribution in [0.5, 0.6) is 0 Å². The van der Waals surface area contributed by atoms with Crippen molar-refractivity contribution in [2.75, 3.05) is 7.05 Å². The second-order valence-corrected chi connectivity index (χ2v) is 6.25. The van der Waals surface area contributed by atoms with Crippen LogP contribution < -0.4 is 5.32 Å². The summed E-state index contributed by atoms with van der Waals surface area (Å²) in [5, 5.41) is 3.31. The second kappa shape index (κ2) is 4.36. The van der Waals surface area contributed by atoms with Gasteiger partial charge in [-0.3, -0.25) is 0 Å². The first-order valence-corrected chi connectivity index (χ1v) is 7.11. The number of nitrogens with one attached hydrogen (secondary N) is 1. The summed E-state index contributed by atoms with van der Waals surface area (Å²) in [4.78, 5) is 0. The van der Waals surface area contributed by atoms with Gasteiger partial charge < -0.3 is 5.32 Å². The summed E-state index contributed by atoms with van der Waals surface area (Å²) in [5.74, 6) is 2.37. The van der Waals surface area contributed by atoms with E-state index in [0.29, 0.717) is 10.4 Å². The molecule has 2 aliphatic carbocycles. The van der Waals surface area contributed by atoms with E-state index in [1.165, 1.54) is 19.3 Å². The molecular formula is C14H17BrFN. The highest BCUT2D eigenvalue weighted by molar-refractivity contribution is 9.10. The summed E-state index contributed by atoms with van der Waals surface area (Å²) in [6.07, 6.45) is 3.94. The van der Waals surface area contributed by atoms with Crippen LogP contribution >= 0.6 is 15.9 Å². The number of benzene rings is 1. The molecule has 2 saturated carbocycles. The lowest BCUT2D eigenvalue weighted by Crippen LogP contribution is -2.25. The van der Waals surface area contributed by atoms with Gasteiger partial charge >= 0.3 is 0 Å². The summed E-state index contributed by atoms with van der Waals surface area (Å²) in [7, 11) is 1.94. The average Bonchev–Trinajstić information content (AvgIpc) is 2.93. The molecule has 1 N–H and O–H groups in total. The topological polar surface area (TPSA) is 12.0 Å². The van der Waals surface area contributed by atoms with Crippen molar-refractivity contribution in [3.63, 3.8) is 0 Å². The molecule has 3 unspecified atom stereocenters. The molecule has 2 aliphatic rings. The molecule has 0 aliphatic heterocycles. The van der Waals surface area contributed by atoms with Gasteiger partial charge in [0.2, 0.25) is 0 Å². The van der Waals surface area contributed by atoms with Crippen LogP contribution in [0.1, 0.15) is 30.9 Å². The third-order valence-electron chi connectivity index (χ3n) is 4.38. The molecule has 0 heterocycles. The molecule has 1 aromatic rings. The molecule has 0 amide bonds. The molecule has 0 bridgehead atoms. The summed E-state index contributed by atoms with van der Waals surface area (Å²) in [6.45, 7) is 0. The zero-order chi connectivity index (χ0) is 12.0. The van der Waals surface area contributed by atoms with E-state index in [-0.39, 0.29) is 11.9 Å². The number of halogens is 2. The van der Waals surface area contributed by atoms with Crippen LogP contribution in [0, 0.1) is 23.6 Å². The first-order chi connectivity index (χ1) is 8.20. The fourth-order valence-electron chi connectivity index (χ4n) is 3.44. The quantitative estimate of drug-likeness (QED) is 0.892. The Balaban J connectivity index is 1.86. The van der Waals surface area contributed by atoms with Crippen LogP contribution in [0.3, 0.4) is 0 Å². The van der Waals surface area contributed by atoms with Crippen molar-refractivity contribution in [1.29, 1.82) is 0 Å². The normalized spacial score (nSPS) is 32.3. The van der Waals surface area contributed by atoms with Gasteiger partial charge in [-0.05, 0) is 66.1 Å². The van der Waals surface area contributed by atoms with E-state index in [2.05, 4.69) is 21.2 Å². The summed E-state index contributed by atoms with van der Waals surface area (Å²) in [6, 6.07) is 5.76. The second-order valence-electron chi connectivity index (χ2n) is 5.40. The third-order valence-corrected chi connectivity index (χ3v) is 4.99. The van der Waals surface area contributed by atoms with Crippen LogP contribution in [0.2, 0.25) is 0 Å². The van der Waals surface area contributed by atoms with Gasteiger partial charge in [-0.2, -0.15) is 0 Å². The highest BCUT2D eigenvalue weighted by atomic mass is 79.9. The Morgan fingerprint density at radius 3 is 2.65 bits per heavy atom. The monoisotopic (exact) mass is 297 g/mol. The van der Waals surface area contributed by atoms with Crippen molar-refractivity contribution in [1.82, 2.24) is 5.32 Å². The maximum atomic E-state index is 14.1. The van der Waals surface area contributed by atoms with Crippen LogP contribution in [-0.4, -0.2) is 7.05 Å². The van der Waals surface area contributed by atoms with Gasteiger partial charge in [0, 0.05) is 11.6 Å². The van der Waals surface area contributed by atoms with Crippen molar-refractivity contribution in [2.45, 2.75) is 25.3 Å². The average molecular weight is 298 g/mol. The Morgan fingerprint density at radius 2 is 2.00 bits per heavy atom. The molecule has 1 aromatic carbocycles. The summed E-state index contributed by atoms with van der Waals surface area (Å²) >= 11 is 3.27. The lowest BCUT2D eigenvalue weighted by atomic mass is 9.89. The van der Waals surface area contributed by atoms with Crippen LogP contribution in [-0.2, 0) is 0 Å². The molecule has 2 fully saturated rings. The van der Waals surface area contributed by atoms with Crippen LogP contribution in [0.25, 0.3) is 0 Å². The van der Waals surface area contributed by atoms with E-state index in [0.717, 1.165) is 17.4 Å². The van der Waals surface area contributed by atoms with Gasteiger partial charge in [0.25, 0.3) is 0 Å². The predicted octanol–water partition coefficient (Wildman–Crippen LogP) is 3.89. The van der Waals surface area contributed by atoms with Crippen molar-refractivity contribution < 1.29 is 4.39 Å². The molecular weight excluding hydrogens is 281 g/mol. The molecule has 3 rings (SSSR count). The van der Waals surface area contributed by atoms with Gasteiger partial charge in [0.15, 0.2) is 0 Å². The zero-order valence-corrected chi connectivity index (χ0v) is 11.5. The van der Waals surface area contributed by atoms with Gasteiger partial charge in [-0.15, -0.1) is 0 Å².